The Morgan fingerprint density at radius 1 is 1.07 bits per heavy atom. The van der Waals surface area contributed by atoms with Gasteiger partial charge in [0.25, 0.3) is 0 Å². The maximum atomic E-state index is 14.7. The van der Waals surface area contributed by atoms with Crippen molar-refractivity contribution in [2.45, 2.75) is 6.04 Å². The smallest absolute Gasteiger partial charge is 0.133 e. The van der Waals surface area contributed by atoms with Crippen LogP contribution < -0.4 is 11.1 Å². The molecule has 1 heterocycles. The zero-order chi connectivity index (χ0) is 21.1. The van der Waals surface area contributed by atoms with Crippen molar-refractivity contribution in [2.75, 3.05) is 5.32 Å². The molecule has 3 aromatic carbocycles. The first kappa shape index (κ1) is 19.2. The van der Waals surface area contributed by atoms with E-state index in [-0.39, 0.29) is 17.1 Å². The number of nitrogens with zero attached hydrogens (tertiary/aromatic N) is 1. The number of nitrogens with two attached hydrogens (primary N) is 1. The summed E-state index contributed by atoms with van der Waals surface area (Å²) in [6.45, 7) is 0. The number of amidine groups is 1. The summed E-state index contributed by atoms with van der Waals surface area (Å²) in [6.07, 6.45) is 1.69. The van der Waals surface area contributed by atoms with Crippen LogP contribution in [-0.4, -0.2) is 20.9 Å². The molecule has 0 bridgehead atoms. The summed E-state index contributed by atoms with van der Waals surface area (Å²) in [6, 6.07) is 19.8. The fourth-order valence-electron chi connectivity index (χ4n) is 3.21. The predicted octanol–water partition coefficient (Wildman–Crippen LogP) is 4.41. The average Bonchev–Trinajstić information content (AvgIpc) is 3.25. The van der Waals surface area contributed by atoms with Crippen molar-refractivity contribution in [1.29, 1.82) is 5.41 Å². The van der Waals surface area contributed by atoms with E-state index >= 15 is 0 Å². The van der Waals surface area contributed by atoms with Crippen molar-refractivity contribution >= 4 is 11.5 Å². The van der Waals surface area contributed by atoms with Gasteiger partial charge in [0.1, 0.15) is 29.3 Å². The SMILES string of the molecule is N=C(N)c1ccc(NC(c2ncc(-c3ccccc3)[nH]2)c2cc(O)ccc2F)cc1. The Kier molecular flexibility index (Phi) is 5.17. The van der Waals surface area contributed by atoms with Gasteiger partial charge in [-0.05, 0) is 48.0 Å². The van der Waals surface area contributed by atoms with Crippen LogP contribution in [0.5, 0.6) is 5.75 Å². The average molecular weight is 401 g/mol. The third-order valence-corrected chi connectivity index (χ3v) is 4.75. The number of hydrogen-bond donors (Lipinski definition) is 5. The Bertz CT molecular complexity index is 1170. The van der Waals surface area contributed by atoms with E-state index < -0.39 is 11.9 Å². The van der Waals surface area contributed by atoms with E-state index in [1.165, 1.54) is 18.2 Å². The summed E-state index contributed by atoms with van der Waals surface area (Å²) < 4.78 is 14.7. The van der Waals surface area contributed by atoms with E-state index in [0.29, 0.717) is 17.1 Å². The Labute approximate surface area is 172 Å². The van der Waals surface area contributed by atoms with Gasteiger partial charge in [0, 0.05) is 16.8 Å². The zero-order valence-corrected chi connectivity index (χ0v) is 15.9. The summed E-state index contributed by atoms with van der Waals surface area (Å²) in [4.78, 5) is 7.71. The number of hydrogen-bond acceptors (Lipinski definition) is 4. The molecule has 0 radical (unpaired) electrons. The molecule has 0 aliphatic rings. The molecular formula is C23H20FN5O. The van der Waals surface area contributed by atoms with Gasteiger partial charge in [-0.1, -0.05) is 30.3 Å². The van der Waals surface area contributed by atoms with Gasteiger partial charge in [0.05, 0.1) is 11.9 Å². The summed E-state index contributed by atoms with van der Waals surface area (Å²) in [5.41, 5.74) is 8.79. The third kappa shape index (κ3) is 4.00. The number of nitrogen functional groups attached to an aromatic ring is 1. The minimum Gasteiger partial charge on any atom is -0.508 e. The van der Waals surface area contributed by atoms with Gasteiger partial charge >= 0.3 is 0 Å². The van der Waals surface area contributed by atoms with E-state index in [2.05, 4.69) is 15.3 Å². The highest BCUT2D eigenvalue weighted by molar-refractivity contribution is 5.95. The number of nitrogens with one attached hydrogen (secondary N) is 3. The van der Waals surface area contributed by atoms with Crippen molar-refractivity contribution < 1.29 is 9.50 Å². The van der Waals surface area contributed by atoms with Gasteiger partial charge in [-0.2, -0.15) is 0 Å². The van der Waals surface area contributed by atoms with E-state index in [9.17, 15) is 9.50 Å². The fraction of sp³-hybridized carbons (Fsp3) is 0.0435. The Morgan fingerprint density at radius 3 is 2.50 bits per heavy atom. The molecule has 0 saturated carbocycles. The molecule has 4 rings (SSSR count). The van der Waals surface area contributed by atoms with Crippen molar-refractivity contribution in [2.24, 2.45) is 5.73 Å². The fourth-order valence-corrected chi connectivity index (χ4v) is 3.21. The number of benzene rings is 3. The van der Waals surface area contributed by atoms with Gasteiger partial charge in [0.2, 0.25) is 0 Å². The van der Waals surface area contributed by atoms with Gasteiger partial charge in [-0.25, -0.2) is 9.37 Å². The predicted molar refractivity (Wildman–Crippen MR) is 115 cm³/mol. The van der Waals surface area contributed by atoms with Crippen LogP contribution in [0.2, 0.25) is 0 Å². The summed E-state index contributed by atoms with van der Waals surface area (Å²) in [5, 5.41) is 20.7. The minimum absolute atomic E-state index is 0.0318. The van der Waals surface area contributed by atoms with Crippen LogP contribution in [0.15, 0.2) is 79.0 Å². The van der Waals surface area contributed by atoms with Gasteiger partial charge in [0.15, 0.2) is 0 Å². The van der Waals surface area contributed by atoms with Gasteiger partial charge in [-0.15, -0.1) is 0 Å². The standard InChI is InChI=1S/C23H20FN5O/c24-19-11-10-17(30)12-18(19)21(28-16-8-6-15(7-9-16)22(25)26)23-27-13-20(29-23)14-4-2-1-3-5-14/h1-13,21,28,30H,(H3,25,26)(H,27,29). The largest absolute Gasteiger partial charge is 0.508 e. The lowest BCUT2D eigenvalue weighted by atomic mass is 10.0. The molecule has 7 heteroatoms. The highest BCUT2D eigenvalue weighted by atomic mass is 19.1. The molecule has 0 aliphatic heterocycles. The van der Waals surface area contributed by atoms with Crippen LogP contribution in [-0.2, 0) is 0 Å². The molecule has 150 valence electrons. The maximum Gasteiger partial charge on any atom is 0.133 e. The number of aromatic hydroxyl groups is 1. The molecule has 0 aliphatic carbocycles. The molecule has 1 unspecified atom stereocenters. The zero-order valence-electron chi connectivity index (χ0n) is 15.9. The van der Waals surface area contributed by atoms with Crippen LogP contribution >= 0.6 is 0 Å². The second-order valence-corrected chi connectivity index (χ2v) is 6.82. The Hall–Kier alpha value is -4.13. The molecule has 0 amide bonds. The number of imidazole rings is 1. The number of aromatic amines is 1. The highest BCUT2D eigenvalue weighted by Gasteiger charge is 2.22. The van der Waals surface area contributed by atoms with E-state index in [0.717, 1.165) is 11.3 Å². The van der Waals surface area contributed by atoms with E-state index in [1.54, 1.807) is 30.5 Å². The molecular weight excluding hydrogens is 381 g/mol. The first-order valence-corrected chi connectivity index (χ1v) is 9.31. The molecule has 0 fully saturated rings. The number of phenols is 1. The molecule has 1 atom stereocenters. The number of halogens is 1. The van der Waals surface area contributed by atoms with Crippen LogP contribution in [0, 0.1) is 11.2 Å². The summed E-state index contributed by atoms with van der Waals surface area (Å²) in [5.74, 6) is -0.0482. The highest BCUT2D eigenvalue weighted by Crippen LogP contribution is 2.30. The normalized spacial score (nSPS) is 11.8. The molecule has 6 N–H and O–H groups in total. The Morgan fingerprint density at radius 2 is 1.80 bits per heavy atom. The maximum absolute atomic E-state index is 14.7. The number of H-pyrrole nitrogens is 1. The lowest BCUT2D eigenvalue weighted by Crippen LogP contribution is -2.16. The Balaban J connectivity index is 1.73. The molecule has 0 saturated heterocycles. The molecule has 1 aromatic heterocycles. The van der Waals surface area contributed by atoms with Crippen molar-refractivity contribution in [3.63, 3.8) is 0 Å². The van der Waals surface area contributed by atoms with Crippen molar-refractivity contribution in [3.05, 3.63) is 102 Å². The van der Waals surface area contributed by atoms with E-state index in [4.69, 9.17) is 11.1 Å². The molecule has 4 aromatic rings. The van der Waals surface area contributed by atoms with Crippen molar-refractivity contribution in [1.82, 2.24) is 9.97 Å². The van der Waals surface area contributed by atoms with Gasteiger partial charge < -0.3 is 21.1 Å². The summed E-state index contributed by atoms with van der Waals surface area (Å²) >= 11 is 0. The minimum atomic E-state index is -0.683. The first-order valence-electron chi connectivity index (χ1n) is 9.31. The number of aromatic nitrogens is 2. The third-order valence-electron chi connectivity index (χ3n) is 4.75. The lowest BCUT2D eigenvalue weighted by Gasteiger charge is -2.20. The van der Waals surface area contributed by atoms with Crippen LogP contribution in [0.1, 0.15) is 23.0 Å². The molecule has 30 heavy (non-hydrogen) atoms. The summed E-state index contributed by atoms with van der Waals surface area (Å²) in [7, 11) is 0. The van der Waals surface area contributed by atoms with Gasteiger partial charge in [-0.3, -0.25) is 5.41 Å². The van der Waals surface area contributed by atoms with Crippen molar-refractivity contribution in [3.8, 4) is 17.0 Å². The van der Waals surface area contributed by atoms with Crippen LogP contribution in [0.4, 0.5) is 10.1 Å². The number of rotatable bonds is 6. The van der Waals surface area contributed by atoms with Crippen LogP contribution in [0.25, 0.3) is 11.3 Å². The van der Waals surface area contributed by atoms with Crippen LogP contribution in [0.3, 0.4) is 0 Å². The number of phenolic OH excluding ortho intramolecular Hbond substituents is 1. The van der Waals surface area contributed by atoms with E-state index in [1.807, 2.05) is 30.3 Å². The number of anilines is 1. The quantitative estimate of drug-likeness (QED) is 0.243. The lowest BCUT2D eigenvalue weighted by molar-refractivity contribution is 0.470. The monoisotopic (exact) mass is 401 g/mol. The topological polar surface area (TPSA) is 111 Å². The second kappa shape index (κ2) is 8.08. The second-order valence-electron chi connectivity index (χ2n) is 6.82. The molecule has 0 spiro atoms. The molecule has 6 nitrogen and oxygen atoms in total. The first-order chi connectivity index (χ1) is 14.5.